The minimum absolute atomic E-state index is 0. The molecule has 0 saturated heterocycles. The fourth-order valence-corrected chi connectivity index (χ4v) is 2.92. The Hall–Kier alpha value is 1.99. The van der Waals surface area contributed by atoms with Gasteiger partial charge in [0.15, 0.2) is 0 Å². The van der Waals surface area contributed by atoms with Crippen molar-refractivity contribution in [1.82, 2.24) is 0 Å². The van der Waals surface area contributed by atoms with Gasteiger partial charge in [-0.1, -0.05) is 0 Å². The van der Waals surface area contributed by atoms with Gasteiger partial charge in [0.1, 0.15) is 0 Å². The first-order valence-electron chi connectivity index (χ1n) is 1.43. The second kappa shape index (κ2) is 4.88. The van der Waals surface area contributed by atoms with Crippen molar-refractivity contribution in [1.29, 1.82) is 0 Å². The first-order chi connectivity index (χ1) is 3.71. The van der Waals surface area contributed by atoms with E-state index in [9.17, 15) is 16.3 Å². The Labute approximate surface area is 102 Å². The van der Waals surface area contributed by atoms with Crippen LogP contribution in [-0.4, -0.2) is 8.65 Å². The Morgan fingerprint density at radius 2 is 1.80 bits per heavy atom. The Kier molecular flexibility index (Phi) is 7.09. The van der Waals surface area contributed by atoms with Crippen LogP contribution in [0, 0.1) is 0 Å². The second-order valence-corrected chi connectivity index (χ2v) is 6.74. The van der Waals surface area contributed by atoms with Gasteiger partial charge in [-0.05, 0) is 0 Å². The van der Waals surface area contributed by atoms with Crippen LogP contribution >= 0.6 is 7.82 Å². The second-order valence-electron chi connectivity index (χ2n) is 0.971. The topological polar surface area (TPSA) is 124 Å². The van der Waals surface area contributed by atoms with Crippen LogP contribution in [0.15, 0.2) is 0 Å². The van der Waals surface area contributed by atoms with Gasteiger partial charge < -0.3 is 0 Å². The molecule has 0 rings (SSSR count). The van der Waals surface area contributed by atoms with Crippen molar-refractivity contribution in [3.05, 3.63) is 0 Å². The summed E-state index contributed by atoms with van der Waals surface area (Å²) in [7, 11) is -5.32. The number of hydrogen-bond donors (Lipinski definition) is 2. The first kappa shape index (κ1) is 14.5. The summed E-state index contributed by atoms with van der Waals surface area (Å²) in [6.07, 6.45) is 0. The van der Waals surface area contributed by atoms with Crippen LogP contribution in [0.4, 0.5) is 0 Å². The van der Waals surface area contributed by atoms with Crippen molar-refractivity contribution in [3.8, 4) is 0 Å². The molecule has 2 N–H and O–H groups in total. The maximum atomic E-state index is 9.57. The quantitative estimate of drug-likeness (QED) is 0.370. The molecular weight excluding hydrogens is 366 g/mol. The van der Waals surface area contributed by atoms with Gasteiger partial charge in [-0.3, -0.25) is 0 Å². The minimum Gasteiger partial charge on any atom is 1.00 e. The molecule has 0 amide bonds. The Balaban J connectivity index is 0. The van der Waals surface area contributed by atoms with Crippen LogP contribution in [0.1, 0.15) is 0 Å². The van der Waals surface area contributed by atoms with E-state index in [4.69, 9.17) is 8.65 Å². The SMILES string of the molecule is O=P([O-])(O)[O][W](=[O])(=[O])[OH].[K+]. The molecule has 1 unspecified atom stereocenters. The number of phosphoric acid groups is 1. The molecular formula is H2KO7PW. The van der Waals surface area contributed by atoms with Gasteiger partial charge in [0.05, 0.1) is 0 Å². The third-order valence-electron chi connectivity index (χ3n) is 0.188. The molecule has 0 fully saturated rings. The van der Waals surface area contributed by atoms with Gasteiger partial charge in [0.2, 0.25) is 0 Å². The monoisotopic (exact) mass is 368 g/mol. The maximum absolute atomic E-state index is 9.57. The van der Waals surface area contributed by atoms with Crippen molar-refractivity contribution in [2.24, 2.45) is 0 Å². The average molecular weight is 368 g/mol. The molecule has 7 nitrogen and oxygen atoms in total. The number of rotatable bonds is 2. The summed E-state index contributed by atoms with van der Waals surface area (Å²) < 4.78 is 39.2. The van der Waals surface area contributed by atoms with E-state index in [2.05, 4.69) is 3.18 Å². The Bertz CT molecular complexity index is 220. The molecule has 0 bridgehead atoms. The maximum Gasteiger partial charge on any atom is 1.00 e. The van der Waals surface area contributed by atoms with Crippen LogP contribution in [0.25, 0.3) is 0 Å². The summed E-state index contributed by atoms with van der Waals surface area (Å²) in [4.78, 5) is 17.1. The molecule has 0 aliphatic rings. The fourth-order valence-electron chi connectivity index (χ4n) is 0.119. The zero-order valence-electron chi connectivity index (χ0n) is 4.79. The van der Waals surface area contributed by atoms with E-state index in [1.807, 2.05) is 0 Å². The van der Waals surface area contributed by atoms with Crippen LogP contribution < -0.4 is 56.3 Å². The summed E-state index contributed by atoms with van der Waals surface area (Å²) in [5, 5.41) is 0. The smallest absolute Gasteiger partial charge is 1.00 e. The van der Waals surface area contributed by atoms with E-state index >= 15 is 0 Å². The standard InChI is InChI=1S/K.H3O4P.H2O.2O.W/c;1-5(2,3)4;;;;/h;(H3,1,2,3,4);1H2;;;/q+1;;;;;+2/p-3. The fraction of sp³-hybridized carbons (Fsp3) is 0. The summed E-state index contributed by atoms with van der Waals surface area (Å²) in [5.41, 5.74) is 0. The van der Waals surface area contributed by atoms with Crippen molar-refractivity contribution in [2.45, 2.75) is 0 Å². The summed E-state index contributed by atoms with van der Waals surface area (Å²) in [6.45, 7) is 0. The molecule has 10 heteroatoms. The predicted molar refractivity (Wildman–Crippen MR) is 14.5 cm³/mol. The van der Waals surface area contributed by atoms with Crippen LogP contribution in [0.2, 0.25) is 0 Å². The number of hydrogen-bond acceptors (Lipinski definition) is 5. The van der Waals surface area contributed by atoms with Crippen molar-refractivity contribution >= 4 is 7.82 Å². The normalized spacial score (nSPS) is 17.1. The molecule has 0 radical (unpaired) electrons. The minimum atomic E-state index is -6.26. The van der Waals surface area contributed by atoms with E-state index in [-0.39, 0.29) is 51.4 Å². The molecule has 0 aromatic carbocycles. The van der Waals surface area contributed by atoms with Crippen molar-refractivity contribution in [2.75, 3.05) is 0 Å². The van der Waals surface area contributed by atoms with Gasteiger partial charge in [0, 0.05) is 0 Å². The van der Waals surface area contributed by atoms with Gasteiger partial charge in [0.25, 0.3) is 0 Å². The summed E-state index contributed by atoms with van der Waals surface area (Å²) >= 11 is -6.26. The molecule has 56 valence electrons. The van der Waals surface area contributed by atoms with Crippen molar-refractivity contribution in [3.63, 3.8) is 0 Å². The first-order valence-corrected chi connectivity index (χ1v) is 7.83. The molecule has 0 aliphatic heterocycles. The van der Waals surface area contributed by atoms with E-state index < -0.39 is 24.6 Å². The van der Waals surface area contributed by atoms with Crippen LogP contribution in [0.3, 0.4) is 0 Å². The van der Waals surface area contributed by atoms with Gasteiger partial charge in [-0.2, -0.15) is 0 Å². The molecule has 0 aromatic rings. The van der Waals surface area contributed by atoms with E-state index in [0.29, 0.717) is 0 Å². The van der Waals surface area contributed by atoms with Gasteiger partial charge in [-0.25, -0.2) is 0 Å². The summed E-state index contributed by atoms with van der Waals surface area (Å²) in [6, 6.07) is 0. The molecule has 0 heterocycles. The average Bonchev–Trinajstić information content (AvgIpc) is 1.14. The van der Waals surface area contributed by atoms with E-state index in [0.717, 1.165) is 0 Å². The zero-order chi connectivity index (χ0) is 7.71. The van der Waals surface area contributed by atoms with Crippen LogP contribution in [-0.2, 0) is 31.3 Å². The molecule has 1 atom stereocenters. The molecule has 0 saturated carbocycles. The zero-order valence-corrected chi connectivity index (χ0v) is 11.7. The largest absolute Gasteiger partial charge is 1.00 e. The van der Waals surface area contributed by atoms with Gasteiger partial charge >= 0.3 is 104 Å². The molecule has 0 spiro atoms. The molecule has 0 aromatic heterocycles. The summed E-state index contributed by atoms with van der Waals surface area (Å²) in [5.74, 6) is 0. The Morgan fingerprint density at radius 1 is 1.50 bits per heavy atom. The van der Waals surface area contributed by atoms with E-state index in [1.54, 1.807) is 0 Å². The third kappa shape index (κ3) is 12.7. The third-order valence-corrected chi connectivity index (χ3v) is 4.63. The van der Waals surface area contributed by atoms with Gasteiger partial charge in [-0.15, -0.1) is 0 Å². The van der Waals surface area contributed by atoms with Crippen LogP contribution in [0.5, 0.6) is 0 Å². The van der Waals surface area contributed by atoms with E-state index in [1.165, 1.54) is 0 Å². The van der Waals surface area contributed by atoms with Crippen molar-refractivity contribution < 1.29 is 96.2 Å². The Morgan fingerprint density at radius 3 is 1.80 bits per heavy atom. The molecule has 0 aliphatic carbocycles. The predicted octanol–water partition coefficient (Wildman–Crippen LogP) is -4.87. The molecule has 10 heavy (non-hydrogen) atoms.